The topological polar surface area (TPSA) is 110 Å². The average Bonchev–Trinajstić information content (AvgIpc) is 2.91. The Balaban J connectivity index is 2.30. The summed E-state index contributed by atoms with van der Waals surface area (Å²) >= 11 is 0. The molecule has 0 aliphatic carbocycles. The largest absolute Gasteiger partial charge is 0.306 e. The fourth-order valence-corrected chi connectivity index (χ4v) is 2.82. The number of carbonyl (C=O) groups excluding carboxylic acids is 2. The molecule has 21 heavy (non-hydrogen) atoms. The number of benzene rings is 1. The second kappa shape index (κ2) is 5.92. The number of nitrogens with two attached hydrogens (primary N) is 1. The number of sulfonamides is 1. The predicted molar refractivity (Wildman–Crippen MR) is 77.0 cm³/mol. The van der Waals surface area contributed by atoms with Gasteiger partial charge in [0.1, 0.15) is 0 Å². The second-order valence-corrected chi connectivity index (χ2v) is 6.44. The summed E-state index contributed by atoms with van der Waals surface area (Å²) < 4.78 is 22.4. The lowest BCUT2D eigenvalue weighted by molar-refractivity contribution is -0.126. The molecule has 0 saturated carbocycles. The number of carbonyl (C=O) groups is 2. The highest BCUT2D eigenvalue weighted by molar-refractivity contribution is 7.89. The van der Waals surface area contributed by atoms with Crippen LogP contribution in [0.3, 0.4) is 0 Å². The molecule has 1 aliphatic heterocycles. The lowest BCUT2D eigenvalue weighted by Crippen LogP contribution is -2.46. The number of anilines is 1. The van der Waals surface area contributed by atoms with Crippen LogP contribution in [0.2, 0.25) is 0 Å². The van der Waals surface area contributed by atoms with Crippen molar-refractivity contribution in [3.05, 3.63) is 24.3 Å². The Kier molecular flexibility index (Phi) is 4.40. The molecule has 0 unspecified atom stereocenters. The quantitative estimate of drug-likeness (QED) is 0.814. The first-order valence-electron chi connectivity index (χ1n) is 6.51. The number of nitrogens with zero attached hydrogens (tertiary/aromatic N) is 1. The third kappa shape index (κ3) is 3.46. The lowest BCUT2D eigenvalue weighted by atomic mass is 10.2. The Hall–Kier alpha value is -1.77. The van der Waals surface area contributed by atoms with Gasteiger partial charge < -0.3 is 5.32 Å². The minimum absolute atomic E-state index is 0.0683. The average molecular weight is 311 g/mol. The minimum Gasteiger partial charge on any atom is -0.306 e. The van der Waals surface area contributed by atoms with Crippen LogP contribution in [0.15, 0.2) is 29.2 Å². The van der Waals surface area contributed by atoms with E-state index in [1.54, 1.807) is 0 Å². The number of amides is 2. The van der Waals surface area contributed by atoms with E-state index in [4.69, 9.17) is 5.14 Å². The van der Waals surface area contributed by atoms with E-state index in [-0.39, 0.29) is 16.8 Å². The SMILES string of the molecule is CC(=O)N(C(=O)[C@H]1CCCN1)c1ccc(S(N)(=O)=O)cc1. The molecule has 1 aliphatic rings. The first kappa shape index (κ1) is 15.6. The van der Waals surface area contributed by atoms with Crippen molar-refractivity contribution in [1.29, 1.82) is 0 Å². The van der Waals surface area contributed by atoms with Gasteiger partial charge in [0, 0.05) is 6.92 Å². The number of nitrogens with one attached hydrogen (secondary N) is 1. The van der Waals surface area contributed by atoms with Crippen LogP contribution in [0.1, 0.15) is 19.8 Å². The van der Waals surface area contributed by atoms with Crippen molar-refractivity contribution in [2.45, 2.75) is 30.7 Å². The fraction of sp³-hybridized carbons (Fsp3) is 0.385. The highest BCUT2D eigenvalue weighted by Crippen LogP contribution is 2.20. The predicted octanol–water partition coefficient (Wildman–Crippen LogP) is -0.0345. The van der Waals surface area contributed by atoms with Crippen LogP contribution in [-0.4, -0.2) is 32.8 Å². The summed E-state index contributed by atoms with van der Waals surface area (Å²) in [6.07, 6.45) is 1.56. The molecule has 1 fully saturated rings. The van der Waals surface area contributed by atoms with Crippen LogP contribution in [0.4, 0.5) is 5.69 Å². The van der Waals surface area contributed by atoms with E-state index in [0.29, 0.717) is 12.1 Å². The van der Waals surface area contributed by atoms with Gasteiger partial charge in [0.2, 0.25) is 15.9 Å². The maximum Gasteiger partial charge on any atom is 0.250 e. The summed E-state index contributed by atoms with van der Waals surface area (Å²) in [5.74, 6) is -0.750. The molecule has 114 valence electrons. The van der Waals surface area contributed by atoms with Crippen molar-refractivity contribution in [3.63, 3.8) is 0 Å². The van der Waals surface area contributed by atoms with Gasteiger partial charge >= 0.3 is 0 Å². The number of hydrogen-bond acceptors (Lipinski definition) is 5. The van der Waals surface area contributed by atoms with Crippen molar-refractivity contribution in [1.82, 2.24) is 5.32 Å². The van der Waals surface area contributed by atoms with Crippen molar-refractivity contribution in [2.24, 2.45) is 5.14 Å². The van der Waals surface area contributed by atoms with Gasteiger partial charge in [-0.25, -0.2) is 18.5 Å². The number of hydrogen-bond donors (Lipinski definition) is 2. The van der Waals surface area contributed by atoms with E-state index in [1.807, 2.05) is 0 Å². The summed E-state index contributed by atoms with van der Waals surface area (Å²) in [5, 5.41) is 8.05. The van der Waals surface area contributed by atoms with Crippen molar-refractivity contribution < 1.29 is 18.0 Å². The summed E-state index contributed by atoms with van der Waals surface area (Å²) in [6, 6.07) is 4.96. The minimum atomic E-state index is -3.80. The number of rotatable bonds is 3. The summed E-state index contributed by atoms with van der Waals surface area (Å²) in [4.78, 5) is 25.1. The highest BCUT2D eigenvalue weighted by atomic mass is 32.2. The summed E-state index contributed by atoms with van der Waals surface area (Å²) in [5.41, 5.74) is 0.327. The van der Waals surface area contributed by atoms with Crippen LogP contribution in [0.5, 0.6) is 0 Å². The zero-order valence-electron chi connectivity index (χ0n) is 11.6. The Morgan fingerprint density at radius 1 is 1.29 bits per heavy atom. The zero-order valence-corrected chi connectivity index (χ0v) is 12.4. The van der Waals surface area contributed by atoms with Gasteiger partial charge in [0.25, 0.3) is 5.91 Å². The second-order valence-electron chi connectivity index (χ2n) is 4.88. The van der Waals surface area contributed by atoms with Crippen LogP contribution < -0.4 is 15.4 Å². The van der Waals surface area contributed by atoms with Gasteiger partial charge in [-0.1, -0.05) is 0 Å². The Morgan fingerprint density at radius 3 is 2.33 bits per heavy atom. The third-order valence-electron chi connectivity index (χ3n) is 3.32. The van der Waals surface area contributed by atoms with E-state index in [1.165, 1.54) is 31.2 Å². The van der Waals surface area contributed by atoms with Gasteiger partial charge in [-0.2, -0.15) is 0 Å². The van der Waals surface area contributed by atoms with E-state index in [9.17, 15) is 18.0 Å². The van der Waals surface area contributed by atoms with Gasteiger partial charge in [-0.15, -0.1) is 0 Å². The number of primary sulfonamides is 1. The summed E-state index contributed by atoms with van der Waals surface area (Å²) in [7, 11) is -3.80. The monoisotopic (exact) mass is 311 g/mol. The molecule has 1 aromatic carbocycles. The van der Waals surface area contributed by atoms with Gasteiger partial charge in [0.05, 0.1) is 16.6 Å². The molecule has 0 spiro atoms. The van der Waals surface area contributed by atoms with Crippen LogP contribution in [0.25, 0.3) is 0 Å². The molecule has 0 radical (unpaired) electrons. The van der Waals surface area contributed by atoms with Crippen LogP contribution in [0, 0.1) is 0 Å². The molecule has 3 N–H and O–H groups in total. The number of imide groups is 1. The van der Waals surface area contributed by atoms with Crippen molar-refractivity contribution in [2.75, 3.05) is 11.4 Å². The third-order valence-corrected chi connectivity index (χ3v) is 4.25. The molecule has 0 bridgehead atoms. The molecule has 2 rings (SSSR count). The molecule has 8 heteroatoms. The van der Waals surface area contributed by atoms with Crippen molar-refractivity contribution >= 4 is 27.5 Å². The highest BCUT2D eigenvalue weighted by Gasteiger charge is 2.30. The van der Waals surface area contributed by atoms with E-state index < -0.39 is 15.9 Å². The maximum atomic E-state index is 12.4. The van der Waals surface area contributed by atoms with Crippen LogP contribution >= 0.6 is 0 Å². The molecule has 1 heterocycles. The molecule has 0 aromatic heterocycles. The van der Waals surface area contributed by atoms with Gasteiger partial charge in [-0.05, 0) is 43.7 Å². The van der Waals surface area contributed by atoms with E-state index in [2.05, 4.69) is 5.32 Å². The van der Waals surface area contributed by atoms with E-state index in [0.717, 1.165) is 17.9 Å². The lowest BCUT2D eigenvalue weighted by Gasteiger charge is -2.22. The smallest absolute Gasteiger partial charge is 0.250 e. The molecule has 1 saturated heterocycles. The molecule has 2 amide bonds. The summed E-state index contributed by atoms with van der Waals surface area (Å²) in [6.45, 7) is 2.03. The Bertz CT molecular complexity index is 648. The molecule has 7 nitrogen and oxygen atoms in total. The molecule has 1 aromatic rings. The first-order valence-corrected chi connectivity index (χ1v) is 8.06. The normalized spacial score (nSPS) is 18.5. The molecular weight excluding hydrogens is 294 g/mol. The molecule has 1 atom stereocenters. The molecular formula is C13H17N3O4S. The van der Waals surface area contributed by atoms with Crippen LogP contribution in [-0.2, 0) is 19.6 Å². The van der Waals surface area contributed by atoms with Gasteiger partial charge in [-0.3, -0.25) is 9.59 Å². The van der Waals surface area contributed by atoms with Gasteiger partial charge in [0.15, 0.2) is 0 Å². The fourth-order valence-electron chi connectivity index (χ4n) is 2.30. The Labute approximate surface area is 123 Å². The van der Waals surface area contributed by atoms with Crippen molar-refractivity contribution in [3.8, 4) is 0 Å². The standard InChI is InChI=1S/C13H17N3O4S/c1-9(17)16(13(18)12-3-2-8-15-12)10-4-6-11(7-5-10)21(14,19)20/h4-7,12,15H,2-3,8H2,1H3,(H2,14,19,20)/t12-/m1/s1. The Morgan fingerprint density at radius 2 is 1.90 bits per heavy atom. The first-order chi connectivity index (χ1) is 9.80. The zero-order chi connectivity index (χ0) is 15.6. The maximum absolute atomic E-state index is 12.4. The van der Waals surface area contributed by atoms with E-state index >= 15 is 0 Å².